The molecule has 6 heteroatoms. The monoisotopic (exact) mass is 332 g/mol. The highest BCUT2D eigenvalue weighted by molar-refractivity contribution is 9.10. The van der Waals surface area contributed by atoms with E-state index in [1.807, 2.05) is 18.2 Å². The minimum Gasteiger partial charge on any atom is -0.457 e. The minimum absolute atomic E-state index is 0.0631. The molecule has 1 unspecified atom stereocenters. The molecule has 1 aromatic carbocycles. The van der Waals surface area contributed by atoms with E-state index >= 15 is 0 Å². The van der Waals surface area contributed by atoms with E-state index in [9.17, 15) is 13.5 Å². The van der Waals surface area contributed by atoms with Crippen LogP contribution in [0.15, 0.2) is 33.2 Å². The number of sulfone groups is 1. The smallest absolute Gasteiger partial charge is 0.148 e. The van der Waals surface area contributed by atoms with Crippen molar-refractivity contribution < 1.29 is 17.9 Å². The average molecular weight is 333 g/mol. The predicted molar refractivity (Wildman–Crippen MR) is 73.2 cm³/mol. The van der Waals surface area contributed by atoms with Gasteiger partial charge < -0.3 is 9.52 Å². The molecule has 0 bridgehead atoms. The molecular formula is C12H13BrO4S. The maximum absolute atomic E-state index is 11.0. The topological polar surface area (TPSA) is 67.5 Å². The van der Waals surface area contributed by atoms with Gasteiger partial charge in [-0.25, -0.2) is 8.42 Å². The van der Waals surface area contributed by atoms with Crippen molar-refractivity contribution in [1.29, 1.82) is 0 Å². The molecule has 4 nitrogen and oxygen atoms in total. The Balaban J connectivity index is 2.23. The lowest BCUT2D eigenvalue weighted by molar-refractivity contribution is 0.149. The molecule has 0 saturated carbocycles. The summed E-state index contributed by atoms with van der Waals surface area (Å²) in [5, 5.41) is 10.8. The van der Waals surface area contributed by atoms with E-state index in [1.54, 1.807) is 6.07 Å². The lowest BCUT2D eigenvalue weighted by atomic mass is 10.2. The van der Waals surface area contributed by atoms with Gasteiger partial charge in [0.1, 0.15) is 27.3 Å². The van der Waals surface area contributed by atoms with E-state index in [0.29, 0.717) is 11.3 Å². The molecule has 1 atom stereocenters. The van der Waals surface area contributed by atoms with Crippen LogP contribution in [0.3, 0.4) is 0 Å². The number of halogens is 1. The second-order valence-corrected chi connectivity index (χ2v) is 7.36. The van der Waals surface area contributed by atoms with Crippen molar-refractivity contribution in [3.8, 4) is 0 Å². The number of hydrogen-bond donors (Lipinski definition) is 1. The molecule has 0 radical (unpaired) electrons. The number of furan rings is 1. The van der Waals surface area contributed by atoms with Crippen LogP contribution in [0.2, 0.25) is 0 Å². The maximum atomic E-state index is 11.0. The Morgan fingerprint density at radius 3 is 2.78 bits per heavy atom. The van der Waals surface area contributed by atoms with Crippen LogP contribution in [0, 0.1) is 0 Å². The number of aliphatic hydroxyl groups excluding tert-OH is 1. The first kappa shape index (κ1) is 13.6. The molecule has 18 heavy (non-hydrogen) atoms. The zero-order valence-corrected chi connectivity index (χ0v) is 12.2. The Bertz CT molecular complexity index is 660. The number of para-hydroxylation sites is 1. The van der Waals surface area contributed by atoms with Gasteiger partial charge >= 0.3 is 0 Å². The molecule has 1 aromatic heterocycles. The summed E-state index contributed by atoms with van der Waals surface area (Å²) in [7, 11) is -3.08. The highest BCUT2D eigenvalue weighted by Gasteiger charge is 2.16. The van der Waals surface area contributed by atoms with Gasteiger partial charge in [0.15, 0.2) is 0 Å². The third-order valence-electron chi connectivity index (χ3n) is 2.61. The molecule has 1 N–H and O–H groups in total. The first-order chi connectivity index (χ1) is 8.37. The fourth-order valence-corrected chi connectivity index (χ4v) is 2.79. The number of hydrogen-bond acceptors (Lipinski definition) is 4. The molecule has 0 aliphatic heterocycles. The lowest BCUT2D eigenvalue weighted by Crippen LogP contribution is -2.07. The Morgan fingerprint density at radius 1 is 1.44 bits per heavy atom. The van der Waals surface area contributed by atoms with Crippen LogP contribution in [-0.4, -0.2) is 25.5 Å². The van der Waals surface area contributed by atoms with Gasteiger partial charge in [0, 0.05) is 11.6 Å². The largest absolute Gasteiger partial charge is 0.457 e. The van der Waals surface area contributed by atoms with Crippen LogP contribution < -0.4 is 0 Å². The zero-order valence-electron chi connectivity index (χ0n) is 9.76. The molecule has 0 saturated heterocycles. The molecule has 0 aliphatic rings. The van der Waals surface area contributed by atoms with Gasteiger partial charge in [0.25, 0.3) is 0 Å². The summed E-state index contributed by atoms with van der Waals surface area (Å²) in [5.74, 6) is 0.326. The summed E-state index contributed by atoms with van der Waals surface area (Å²) in [6.07, 6.45) is 0.379. The predicted octanol–water partition coefficient (Wildman–Crippen LogP) is 2.66. The van der Waals surface area contributed by atoms with E-state index in [2.05, 4.69) is 15.9 Å². The number of aliphatic hydroxyl groups is 1. The molecule has 0 spiro atoms. The summed E-state index contributed by atoms with van der Waals surface area (Å²) in [6, 6.07) is 7.32. The summed E-state index contributed by atoms with van der Waals surface area (Å²) < 4.78 is 28.4. The van der Waals surface area contributed by atoms with Gasteiger partial charge in [-0.05, 0) is 34.5 Å². The van der Waals surface area contributed by atoms with Gasteiger partial charge in [-0.1, -0.05) is 12.1 Å². The van der Waals surface area contributed by atoms with Crippen LogP contribution in [0.4, 0.5) is 0 Å². The molecule has 2 aromatic rings. The minimum atomic E-state index is -3.08. The van der Waals surface area contributed by atoms with Crippen LogP contribution in [0.25, 0.3) is 11.0 Å². The molecule has 1 heterocycles. The second-order valence-electron chi connectivity index (χ2n) is 4.24. The number of benzene rings is 1. The SMILES string of the molecule is CS(=O)(=O)CCC(O)c1cc2cccc(Br)c2o1. The van der Waals surface area contributed by atoms with Gasteiger partial charge in [-0.2, -0.15) is 0 Å². The van der Waals surface area contributed by atoms with Crippen molar-refractivity contribution >= 4 is 36.7 Å². The molecule has 0 aliphatic carbocycles. The molecule has 98 valence electrons. The van der Waals surface area contributed by atoms with Crippen molar-refractivity contribution in [2.24, 2.45) is 0 Å². The van der Waals surface area contributed by atoms with Gasteiger partial charge in [-0.3, -0.25) is 0 Å². The third kappa shape index (κ3) is 3.13. The Morgan fingerprint density at radius 2 is 2.17 bits per heavy atom. The number of fused-ring (bicyclic) bond motifs is 1. The summed E-state index contributed by atoms with van der Waals surface area (Å²) in [6.45, 7) is 0. The van der Waals surface area contributed by atoms with Crippen LogP contribution in [0.5, 0.6) is 0 Å². The Kier molecular flexibility index (Phi) is 3.79. The van der Waals surface area contributed by atoms with E-state index in [4.69, 9.17) is 4.42 Å². The normalized spacial score (nSPS) is 13.9. The Labute approximate surface area is 114 Å². The fourth-order valence-electron chi connectivity index (χ4n) is 1.68. The van der Waals surface area contributed by atoms with E-state index in [-0.39, 0.29) is 12.2 Å². The lowest BCUT2D eigenvalue weighted by Gasteiger charge is -2.05. The highest BCUT2D eigenvalue weighted by Crippen LogP contribution is 2.30. The molecular weight excluding hydrogens is 320 g/mol. The van der Waals surface area contributed by atoms with Crippen LogP contribution in [-0.2, 0) is 9.84 Å². The standard InChI is InChI=1S/C12H13BrO4S/c1-18(15,16)6-5-10(14)11-7-8-3-2-4-9(13)12(8)17-11/h2-4,7,10,14H,5-6H2,1H3. The third-order valence-corrected chi connectivity index (χ3v) is 4.21. The van der Waals surface area contributed by atoms with E-state index in [0.717, 1.165) is 16.1 Å². The summed E-state index contributed by atoms with van der Waals surface area (Å²) in [4.78, 5) is 0. The highest BCUT2D eigenvalue weighted by atomic mass is 79.9. The van der Waals surface area contributed by atoms with Crippen molar-refractivity contribution in [2.75, 3.05) is 12.0 Å². The van der Waals surface area contributed by atoms with Gasteiger partial charge in [-0.15, -0.1) is 0 Å². The van der Waals surface area contributed by atoms with Crippen molar-refractivity contribution in [2.45, 2.75) is 12.5 Å². The van der Waals surface area contributed by atoms with E-state index in [1.165, 1.54) is 0 Å². The maximum Gasteiger partial charge on any atom is 0.148 e. The van der Waals surface area contributed by atoms with Crippen molar-refractivity contribution in [3.63, 3.8) is 0 Å². The van der Waals surface area contributed by atoms with Crippen LogP contribution >= 0.6 is 15.9 Å². The molecule has 0 amide bonds. The zero-order chi connectivity index (χ0) is 13.3. The van der Waals surface area contributed by atoms with Crippen LogP contribution in [0.1, 0.15) is 18.3 Å². The van der Waals surface area contributed by atoms with Gasteiger partial charge in [0.2, 0.25) is 0 Å². The number of rotatable bonds is 4. The van der Waals surface area contributed by atoms with E-state index < -0.39 is 15.9 Å². The van der Waals surface area contributed by atoms with Crippen molar-refractivity contribution in [3.05, 3.63) is 34.5 Å². The second kappa shape index (κ2) is 5.03. The summed E-state index contributed by atoms with van der Waals surface area (Å²) >= 11 is 3.36. The van der Waals surface area contributed by atoms with Crippen molar-refractivity contribution in [1.82, 2.24) is 0 Å². The molecule has 2 rings (SSSR count). The summed E-state index contributed by atoms with van der Waals surface area (Å²) in [5.41, 5.74) is 0.658. The quantitative estimate of drug-likeness (QED) is 0.934. The molecule has 0 fully saturated rings. The first-order valence-electron chi connectivity index (χ1n) is 5.40. The fraction of sp³-hybridized carbons (Fsp3) is 0.333. The Hall–Kier alpha value is -0.850. The first-order valence-corrected chi connectivity index (χ1v) is 8.26. The van der Waals surface area contributed by atoms with Gasteiger partial charge in [0.05, 0.1) is 10.2 Å². The average Bonchev–Trinajstić information content (AvgIpc) is 2.70.